The molecule has 2 aromatic heterocycles. The number of aromatic nitrogens is 2. The third-order valence-corrected chi connectivity index (χ3v) is 5.73. The first-order valence-electron chi connectivity index (χ1n) is 9.34. The molecule has 2 fully saturated rings. The number of halogens is 1. The van der Waals surface area contributed by atoms with E-state index in [0.29, 0.717) is 24.0 Å². The van der Waals surface area contributed by atoms with Crippen molar-refractivity contribution in [1.29, 1.82) is 0 Å². The first-order valence-corrected chi connectivity index (χ1v) is 9.72. The molecule has 140 valence electrons. The quantitative estimate of drug-likeness (QED) is 0.844. The Hall–Kier alpha value is -2.54. The number of nitrogens with one attached hydrogen (secondary N) is 2. The maximum atomic E-state index is 13.0. The van der Waals surface area contributed by atoms with E-state index in [0.717, 1.165) is 29.9 Å². The second kappa shape index (κ2) is 6.27. The third kappa shape index (κ3) is 2.86. The molecule has 3 aliphatic rings. The van der Waals surface area contributed by atoms with E-state index in [1.165, 1.54) is 23.3 Å². The van der Waals surface area contributed by atoms with Crippen molar-refractivity contribution in [3.05, 3.63) is 40.2 Å². The van der Waals surface area contributed by atoms with Crippen molar-refractivity contribution >= 4 is 34.6 Å². The van der Waals surface area contributed by atoms with Gasteiger partial charge >= 0.3 is 0 Å². The molecular formula is C19H20ClN5O2. The van der Waals surface area contributed by atoms with Crippen molar-refractivity contribution in [1.82, 2.24) is 25.1 Å². The number of carbonyl (C=O) groups excluding carboxylic acids is 2. The summed E-state index contributed by atoms with van der Waals surface area (Å²) in [7, 11) is 0. The number of carbonyl (C=O) groups is 2. The minimum Gasteiger partial charge on any atom is -0.383 e. The molecule has 1 saturated heterocycles. The zero-order chi connectivity index (χ0) is 18.5. The molecule has 0 radical (unpaired) electrons. The Morgan fingerprint density at radius 1 is 1.22 bits per heavy atom. The fourth-order valence-electron chi connectivity index (χ4n) is 3.77. The van der Waals surface area contributed by atoms with Crippen LogP contribution in [0, 0.1) is 0 Å². The monoisotopic (exact) mass is 385 g/mol. The molecule has 1 aliphatic carbocycles. The molecule has 27 heavy (non-hydrogen) atoms. The van der Waals surface area contributed by atoms with E-state index in [4.69, 9.17) is 11.6 Å². The Morgan fingerprint density at radius 2 is 2.07 bits per heavy atom. The molecule has 7 nitrogen and oxygen atoms in total. The smallest absolute Gasteiger partial charge is 0.276 e. The summed E-state index contributed by atoms with van der Waals surface area (Å²) in [6.07, 6.45) is 5.48. The van der Waals surface area contributed by atoms with Crippen LogP contribution in [0.15, 0.2) is 18.2 Å². The zero-order valence-electron chi connectivity index (χ0n) is 14.8. The molecule has 2 N–H and O–H groups in total. The van der Waals surface area contributed by atoms with Gasteiger partial charge in [0.25, 0.3) is 5.91 Å². The number of rotatable bonds is 3. The van der Waals surface area contributed by atoms with E-state index < -0.39 is 0 Å². The predicted octanol–water partition coefficient (Wildman–Crippen LogP) is 1.77. The lowest BCUT2D eigenvalue weighted by atomic mass is 10.1. The van der Waals surface area contributed by atoms with E-state index in [-0.39, 0.29) is 24.1 Å². The van der Waals surface area contributed by atoms with Crippen molar-refractivity contribution < 1.29 is 9.59 Å². The van der Waals surface area contributed by atoms with Gasteiger partial charge in [0, 0.05) is 19.6 Å². The van der Waals surface area contributed by atoms with E-state index in [1.54, 1.807) is 4.52 Å². The average Bonchev–Trinajstić information content (AvgIpc) is 3.28. The molecule has 0 spiro atoms. The Labute approximate surface area is 161 Å². The Bertz CT molecular complexity index is 992. The summed E-state index contributed by atoms with van der Waals surface area (Å²) in [5.74, 6) is 0.101. The van der Waals surface area contributed by atoms with Gasteiger partial charge in [0.2, 0.25) is 5.91 Å². The molecule has 2 aromatic rings. The van der Waals surface area contributed by atoms with Crippen LogP contribution in [0.5, 0.6) is 0 Å². The van der Waals surface area contributed by atoms with Crippen molar-refractivity contribution in [2.45, 2.75) is 25.2 Å². The number of hydrogen-bond donors (Lipinski definition) is 2. The van der Waals surface area contributed by atoms with Crippen molar-refractivity contribution in [2.24, 2.45) is 0 Å². The molecule has 1 saturated carbocycles. The van der Waals surface area contributed by atoms with E-state index in [9.17, 15) is 9.59 Å². The molecule has 5 rings (SSSR count). The standard InChI is InChI=1S/C19H20ClN5O2/c20-17-15-9-12(11-3-4-11)8-14(13-2-1-5-21-13)25(15)23-18(17)19(27)24-7-6-22-16(26)10-24/h2,8-9,11,21H,1,3-7,10H2,(H,22,26). The van der Waals surface area contributed by atoms with Crippen LogP contribution in [-0.4, -0.2) is 52.5 Å². The van der Waals surface area contributed by atoms with E-state index in [2.05, 4.69) is 27.9 Å². The molecule has 0 unspecified atom stereocenters. The zero-order valence-corrected chi connectivity index (χ0v) is 15.6. The van der Waals surface area contributed by atoms with Gasteiger partial charge in [-0.15, -0.1) is 0 Å². The van der Waals surface area contributed by atoms with Gasteiger partial charge in [-0.05, 0) is 42.9 Å². The summed E-state index contributed by atoms with van der Waals surface area (Å²) in [5.41, 5.74) is 4.15. The van der Waals surface area contributed by atoms with Crippen LogP contribution in [0.25, 0.3) is 11.2 Å². The molecule has 0 aromatic carbocycles. The molecular weight excluding hydrogens is 366 g/mol. The lowest BCUT2D eigenvalue weighted by Crippen LogP contribution is -2.50. The Balaban J connectivity index is 1.62. The van der Waals surface area contributed by atoms with Gasteiger partial charge in [-0.25, -0.2) is 4.52 Å². The molecule has 0 atom stereocenters. The van der Waals surface area contributed by atoms with Gasteiger partial charge in [0.1, 0.15) is 0 Å². The van der Waals surface area contributed by atoms with Gasteiger partial charge < -0.3 is 15.5 Å². The maximum Gasteiger partial charge on any atom is 0.276 e. The summed E-state index contributed by atoms with van der Waals surface area (Å²) in [5, 5.41) is 11.0. The van der Waals surface area contributed by atoms with Crippen LogP contribution >= 0.6 is 11.6 Å². The van der Waals surface area contributed by atoms with Crippen molar-refractivity contribution in [3.63, 3.8) is 0 Å². The Kier molecular flexibility index (Phi) is 3.86. The minimum absolute atomic E-state index is 0.0376. The summed E-state index contributed by atoms with van der Waals surface area (Å²) in [4.78, 5) is 26.1. The highest BCUT2D eigenvalue weighted by molar-refractivity contribution is 6.36. The first-order chi connectivity index (χ1) is 13.1. The van der Waals surface area contributed by atoms with Crippen LogP contribution < -0.4 is 10.6 Å². The molecule has 4 heterocycles. The molecule has 8 heteroatoms. The highest BCUT2D eigenvalue weighted by atomic mass is 35.5. The average molecular weight is 386 g/mol. The SMILES string of the molecule is O=C1CN(C(=O)c2nn3c(C4=CCCN4)cc(C4CC4)cc3c2Cl)CCN1. The number of hydrogen-bond acceptors (Lipinski definition) is 4. The lowest BCUT2D eigenvalue weighted by molar-refractivity contribution is -0.123. The van der Waals surface area contributed by atoms with Crippen LogP contribution in [0.4, 0.5) is 0 Å². The number of piperazine rings is 1. The van der Waals surface area contributed by atoms with Crippen molar-refractivity contribution in [2.75, 3.05) is 26.2 Å². The number of nitrogens with zero attached hydrogens (tertiary/aromatic N) is 3. The predicted molar refractivity (Wildman–Crippen MR) is 102 cm³/mol. The summed E-state index contributed by atoms with van der Waals surface area (Å²) >= 11 is 6.61. The highest BCUT2D eigenvalue weighted by Crippen LogP contribution is 2.42. The minimum atomic E-state index is -0.300. The van der Waals surface area contributed by atoms with Crippen LogP contribution in [-0.2, 0) is 4.79 Å². The van der Waals surface area contributed by atoms with Gasteiger partial charge in [-0.3, -0.25) is 9.59 Å². The normalized spacial score (nSPS) is 19.8. The van der Waals surface area contributed by atoms with Crippen LogP contribution in [0.1, 0.15) is 46.9 Å². The highest BCUT2D eigenvalue weighted by Gasteiger charge is 2.30. The van der Waals surface area contributed by atoms with E-state index in [1.807, 2.05) is 6.07 Å². The van der Waals surface area contributed by atoms with Gasteiger partial charge in [-0.2, -0.15) is 5.10 Å². The number of pyridine rings is 1. The van der Waals surface area contributed by atoms with Crippen molar-refractivity contribution in [3.8, 4) is 0 Å². The first kappa shape index (κ1) is 16.6. The molecule has 2 amide bonds. The van der Waals surface area contributed by atoms with Gasteiger partial charge in [-0.1, -0.05) is 17.7 Å². The fraction of sp³-hybridized carbons (Fsp3) is 0.421. The fourth-order valence-corrected chi connectivity index (χ4v) is 4.03. The number of amides is 2. The Morgan fingerprint density at radius 3 is 2.78 bits per heavy atom. The van der Waals surface area contributed by atoms with Crippen LogP contribution in [0.2, 0.25) is 5.02 Å². The maximum absolute atomic E-state index is 13.0. The van der Waals surface area contributed by atoms with E-state index >= 15 is 0 Å². The summed E-state index contributed by atoms with van der Waals surface area (Å²) in [6.45, 7) is 1.84. The second-order valence-electron chi connectivity index (χ2n) is 7.32. The largest absolute Gasteiger partial charge is 0.383 e. The van der Waals surface area contributed by atoms with Gasteiger partial charge in [0.05, 0.1) is 28.5 Å². The topological polar surface area (TPSA) is 78.7 Å². The summed E-state index contributed by atoms with van der Waals surface area (Å²) < 4.78 is 1.76. The lowest BCUT2D eigenvalue weighted by Gasteiger charge is -2.25. The molecule has 2 aliphatic heterocycles. The van der Waals surface area contributed by atoms with Crippen LogP contribution in [0.3, 0.4) is 0 Å². The summed E-state index contributed by atoms with van der Waals surface area (Å²) in [6, 6.07) is 4.20. The third-order valence-electron chi connectivity index (χ3n) is 5.36. The van der Waals surface area contributed by atoms with Gasteiger partial charge in [0.15, 0.2) is 5.69 Å². The molecule has 0 bridgehead atoms. The number of fused-ring (bicyclic) bond motifs is 1. The second-order valence-corrected chi connectivity index (χ2v) is 7.70.